The van der Waals surface area contributed by atoms with Crippen molar-refractivity contribution in [1.82, 2.24) is 9.55 Å². The van der Waals surface area contributed by atoms with E-state index in [9.17, 15) is 4.79 Å². The van der Waals surface area contributed by atoms with E-state index in [1.807, 2.05) is 31.2 Å². The van der Waals surface area contributed by atoms with Gasteiger partial charge in [0.2, 0.25) is 0 Å². The van der Waals surface area contributed by atoms with Gasteiger partial charge < -0.3 is 0 Å². The first-order valence-electron chi connectivity index (χ1n) is 5.84. The van der Waals surface area contributed by atoms with Gasteiger partial charge in [-0.1, -0.05) is 19.1 Å². The number of aromatic nitrogens is 2. The van der Waals surface area contributed by atoms with Crippen LogP contribution in [-0.4, -0.2) is 9.55 Å². The highest BCUT2D eigenvalue weighted by atomic mass is 16.1. The Morgan fingerprint density at radius 2 is 2.00 bits per heavy atom. The quantitative estimate of drug-likeness (QED) is 0.757. The van der Waals surface area contributed by atoms with Gasteiger partial charge in [-0.3, -0.25) is 9.36 Å². The molecule has 0 atom stereocenters. The molecule has 0 unspecified atom stereocenters. The van der Waals surface area contributed by atoms with Crippen LogP contribution >= 0.6 is 0 Å². The van der Waals surface area contributed by atoms with Gasteiger partial charge in [-0.2, -0.15) is 0 Å². The number of pyridine rings is 2. The van der Waals surface area contributed by atoms with Crippen LogP contribution in [0.2, 0.25) is 0 Å². The van der Waals surface area contributed by atoms with Gasteiger partial charge in [-0.05, 0) is 31.5 Å². The summed E-state index contributed by atoms with van der Waals surface area (Å²) >= 11 is 0. The van der Waals surface area contributed by atoms with E-state index >= 15 is 0 Å². The zero-order chi connectivity index (χ0) is 12.3. The van der Waals surface area contributed by atoms with Crippen LogP contribution in [0.3, 0.4) is 0 Å². The molecule has 2 heterocycles. The molecular weight excluding hydrogens is 212 g/mol. The van der Waals surface area contributed by atoms with Gasteiger partial charge in [0.25, 0.3) is 5.56 Å². The largest absolute Gasteiger partial charge is 0.289 e. The van der Waals surface area contributed by atoms with E-state index < -0.39 is 0 Å². The van der Waals surface area contributed by atoms with Crippen molar-refractivity contribution < 1.29 is 0 Å². The van der Waals surface area contributed by atoms with Crippen molar-refractivity contribution >= 4 is 11.0 Å². The van der Waals surface area contributed by atoms with Crippen molar-refractivity contribution in [3.8, 4) is 0 Å². The maximum Gasteiger partial charge on any atom is 0.252 e. The molecule has 2 aromatic heterocycles. The molecule has 0 aliphatic rings. The van der Waals surface area contributed by atoms with Crippen LogP contribution in [0.1, 0.15) is 19.0 Å². The molecule has 0 aromatic carbocycles. The predicted octanol–water partition coefficient (Wildman–Crippen LogP) is 2.67. The number of allylic oxidation sites excluding steroid dienone is 2. The molecule has 3 heteroatoms. The number of aryl methyl sites for hydroxylation is 1. The number of hydrogen-bond donors (Lipinski definition) is 0. The Bertz CT molecular complexity index is 611. The third kappa shape index (κ3) is 2.44. The van der Waals surface area contributed by atoms with Crippen molar-refractivity contribution in [3.05, 3.63) is 52.5 Å². The van der Waals surface area contributed by atoms with Gasteiger partial charge in [-0.15, -0.1) is 0 Å². The average molecular weight is 228 g/mol. The first-order valence-corrected chi connectivity index (χ1v) is 5.84. The SMILES string of the molecule is CCC=CCn1c(=O)ccc2ccc(C)nc21. The fourth-order valence-electron chi connectivity index (χ4n) is 1.78. The minimum atomic E-state index is -0.00338. The lowest BCUT2D eigenvalue weighted by molar-refractivity contribution is 0.799. The number of hydrogen-bond acceptors (Lipinski definition) is 2. The molecule has 2 rings (SSSR count). The summed E-state index contributed by atoms with van der Waals surface area (Å²) in [7, 11) is 0. The van der Waals surface area contributed by atoms with Crippen LogP contribution in [0.25, 0.3) is 11.0 Å². The monoisotopic (exact) mass is 228 g/mol. The van der Waals surface area contributed by atoms with Crippen LogP contribution < -0.4 is 5.56 Å². The Hall–Kier alpha value is -1.90. The van der Waals surface area contributed by atoms with Gasteiger partial charge >= 0.3 is 0 Å². The predicted molar refractivity (Wildman–Crippen MR) is 70.2 cm³/mol. The summed E-state index contributed by atoms with van der Waals surface area (Å²) in [6.07, 6.45) is 5.04. The Labute approximate surface area is 100 Å². The third-order valence-corrected chi connectivity index (χ3v) is 2.66. The Morgan fingerprint density at radius 3 is 2.76 bits per heavy atom. The van der Waals surface area contributed by atoms with Crippen molar-refractivity contribution in [3.63, 3.8) is 0 Å². The Kier molecular flexibility index (Phi) is 3.38. The topological polar surface area (TPSA) is 34.9 Å². The normalized spacial score (nSPS) is 11.4. The molecule has 0 N–H and O–H groups in total. The van der Waals surface area contributed by atoms with E-state index in [4.69, 9.17) is 0 Å². The molecule has 0 radical (unpaired) electrons. The molecule has 0 saturated heterocycles. The van der Waals surface area contributed by atoms with E-state index in [-0.39, 0.29) is 5.56 Å². The molecule has 17 heavy (non-hydrogen) atoms. The second-order valence-corrected chi connectivity index (χ2v) is 4.03. The standard InChI is InChI=1S/C14H16N2O/c1-3-4-5-10-16-13(17)9-8-12-7-6-11(2)15-14(12)16/h4-9H,3,10H2,1-2H3. The molecule has 0 aliphatic heterocycles. The van der Waals surface area contributed by atoms with Crippen molar-refractivity contribution in [2.45, 2.75) is 26.8 Å². The summed E-state index contributed by atoms with van der Waals surface area (Å²) in [5.74, 6) is 0. The van der Waals surface area contributed by atoms with E-state index in [0.717, 1.165) is 23.1 Å². The summed E-state index contributed by atoms with van der Waals surface area (Å²) in [5, 5.41) is 1.00. The molecule has 2 aromatic rings. The second-order valence-electron chi connectivity index (χ2n) is 4.03. The molecule has 0 bridgehead atoms. The van der Waals surface area contributed by atoms with Crippen LogP contribution in [-0.2, 0) is 6.54 Å². The highest BCUT2D eigenvalue weighted by Gasteiger charge is 2.02. The lowest BCUT2D eigenvalue weighted by atomic mass is 10.2. The van der Waals surface area contributed by atoms with Crippen molar-refractivity contribution in [1.29, 1.82) is 0 Å². The summed E-state index contributed by atoms with van der Waals surface area (Å²) in [4.78, 5) is 16.3. The van der Waals surface area contributed by atoms with E-state index in [1.54, 1.807) is 10.6 Å². The maximum atomic E-state index is 11.8. The molecule has 0 fully saturated rings. The van der Waals surface area contributed by atoms with Gasteiger partial charge in [0, 0.05) is 23.7 Å². The lowest BCUT2D eigenvalue weighted by Gasteiger charge is -2.07. The Morgan fingerprint density at radius 1 is 1.24 bits per heavy atom. The second kappa shape index (κ2) is 4.95. The van der Waals surface area contributed by atoms with E-state index in [2.05, 4.69) is 18.0 Å². The first kappa shape index (κ1) is 11.6. The van der Waals surface area contributed by atoms with Crippen molar-refractivity contribution in [2.24, 2.45) is 0 Å². The molecular formula is C14H16N2O. The highest BCUT2D eigenvalue weighted by Crippen LogP contribution is 2.10. The molecule has 88 valence electrons. The zero-order valence-corrected chi connectivity index (χ0v) is 10.2. The first-order chi connectivity index (χ1) is 8.22. The minimum Gasteiger partial charge on any atom is -0.289 e. The highest BCUT2D eigenvalue weighted by molar-refractivity contribution is 5.75. The number of fused-ring (bicyclic) bond motifs is 1. The van der Waals surface area contributed by atoms with Crippen molar-refractivity contribution in [2.75, 3.05) is 0 Å². The minimum absolute atomic E-state index is 0.00338. The zero-order valence-electron chi connectivity index (χ0n) is 10.2. The fourth-order valence-corrected chi connectivity index (χ4v) is 1.78. The van der Waals surface area contributed by atoms with Crippen LogP contribution in [0.4, 0.5) is 0 Å². The smallest absolute Gasteiger partial charge is 0.252 e. The van der Waals surface area contributed by atoms with Gasteiger partial charge in [-0.25, -0.2) is 4.98 Å². The summed E-state index contributed by atoms with van der Waals surface area (Å²) in [5.41, 5.74) is 1.69. The number of nitrogens with zero attached hydrogens (tertiary/aromatic N) is 2. The number of rotatable bonds is 3. The molecule has 0 amide bonds. The molecule has 0 spiro atoms. The van der Waals surface area contributed by atoms with Crippen LogP contribution in [0, 0.1) is 6.92 Å². The van der Waals surface area contributed by atoms with Gasteiger partial charge in [0.1, 0.15) is 5.65 Å². The van der Waals surface area contributed by atoms with Gasteiger partial charge in [0.05, 0.1) is 0 Å². The molecule has 0 aliphatic carbocycles. The summed E-state index contributed by atoms with van der Waals surface area (Å²) in [6, 6.07) is 7.37. The average Bonchev–Trinajstić information content (AvgIpc) is 2.32. The van der Waals surface area contributed by atoms with Gasteiger partial charge in [0.15, 0.2) is 0 Å². The Balaban J connectivity index is 2.58. The van der Waals surface area contributed by atoms with E-state index in [0.29, 0.717) is 6.54 Å². The fraction of sp³-hybridized carbons (Fsp3) is 0.286. The third-order valence-electron chi connectivity index (χ3n) is 2.66. The molecule has 0 saturated carbocycles. The summed E-state index contributed by atoms with van der Waals surface area (Å²) in [6.45, 7) is 4.59. The van der Waals surface area contributed by atoms with Crippen LogP contribution in [0.15, 0.2) is 41.2 Å². The van der Waals surface area contributed by atoms with Crippen LogP contribution in [0.5, 0.6) is 0 Å². The molecule has 3 nitrogen and oxygen atoms in total. The van der Waals surface area contributed by atoms with E-state index in [1.165, 1.54) is 0 Å². The lowest BCUT2D eigenvalue weighted by Crippen LogP contribution is -2.19. The summed E-state index contributed by atoms with van der Waals surface area (Å²) < 4.78 is 1.70. The maximum absolute atomic E-state index is 11.8.